The normalized spacial score (nSPS) is 26.2. The molecule has 134 valence electrons. The molecule has 0 spiro atoms. The number of ether oxygens (including phenoxy) is 1. The SMILES string of the molecule is O=C1CCCN1CCC1CN(C(=O)C2CNCCO2)c2ccccc21. The number of anilines is 1. The maximum absolute atomic E-state index is 12.9. The molecule has 3 aliphatic rings. The molecule has 0 saturated carbocycles. The van der Waals surface area contributed by atoms with E-state index in [1.54, 1.807) is 0 Å². The van der Waals surface area contributed by atoms with Crippen LogP contribution < -0.4 is 10.2 Å². The van der Waals surface area contributed by atoms with E-state index in [2.05, 4.69) is 11.4 Å². The van der Waals surface area contributed by atoms with Crippen molar-refractivity contribution in [2.75, 3.05) is 44.2 Å². The Labute approximate surface area is 148 Å². The summed E-state index contributed by atoms with van der Waals surface area (Å²) in [4.78, 5) is 28.6. The van der Waals surface area contributed by atoms with Crippen LogP contribution >= 0.6 is 0 Å². The number of likely N-dealkylation sites (tertiary alicyclic amines) is 1. The third kappa shape index (κ3) is 3.28. The zero-order chi connectivity index (χ0) is 17.2. The van der Waals surface area contributed by atoms with Gasteiger partial charge >= 0.3 is 0 Å². The zero-order valence-electron chi connectivity index (χ0n) is 14.4. The zero-order valence-corrected chi connectivity index (χ0v) is 14.4. The van der Waals surface area contributed by atoms with Crippen LogP contribution in [0, 0.1) is 0 Å². The van der Waals surface area contributed by atoms with Crippen molar-refractivity contribution in [1.82, 2.24) is 10.2 Å². The van der Waals surface area contributed by atoms with Gasteiger partial charge in [0.05, 0.1) is 6.61 Å². The molecule has 1 aromatic carbocycles. The number of carbonyl (C=O) groups excluding carboxylic acids is 2. The molecule has 0 bridgehead atoms. The molecule has 0 radical (unpaired) electrons. The average Bonchev–Trinajstić information content (AvgIpc) is 3.23. The summed E-state index contributed by atoms with van der Waals surface area (Å²) in [5, 5.41) is 3.22. The van der Waals surface area contributed by atoms with E-state index in [0.29, 0.717) is 26.1 Å². The second-order valence-electron chi connectivity index (χ2n) is 7.04. The number of nitrogens with one attached hydrogen (secondary N) is 1. The van der Waals surface area contributed by atoms with E-state index in [1.807, 2.05) is 28.0 Å². The number of nitrogens with zero attached hydrogens (tertiary/aromatic N) is 2. The van der Waals surface area contributed by atoms with Crippen molar-refractivity contribution in [3.63, 3.8) is 0 Å². The van der Waals surface area contributed by atoms with Crippen molar-refractivity contribution >= 4 is 17.5 Å². The van der Waals surface area contributed by atoms with Crippen molar-refractivity contribution in [3.8, 4) is 0 Å². The lowest BCUT2D eigenvalue weighted by atomic mass is 9.98. The predicted octanol–water partition coefficient (Wildman–Crippen LogP) is 1.12. The van der Waals surface area contributed by atoms with E-state index < -0.39 is 6.10 Å². The maximum Gasteiger partial charge on any atom is 0.257 e. The second-order valence-corrected chi connectivity index (χ2v) is 7.04. The Kier molecular flexibility index (Phi) is 4.72. The van der Waals surface area contributed by atoms with Gasteiger partial charge in [0, 0.05) is 50.7 Å². The topological polar surface area (TPSA) is 61.9 Å². The van der Waals surface area contributed by atoms with Crippen molar-refractivity contribution in [2.45, 2.75) is 31.3 Å². The largest absolute Gasteiger partial charge is 0.366 e. The number of amides is 2. The first-order chi connectivity index (χ1) is 12.2. The van der Waals surface area contributed by atoms with Crippen LogP contribution in [0.2, 0.25) is 0 Å². The molecule has 1 aromatic rings. The quantitative estimate of drug-likeness (QED) is 0.890. The van der Waals surface area contributed by atoms with Crippen LogP contribution in [0.5, 0.6) is 0 Å². The van der Waals surface area contributed by atoms with Gasteiger partial charge in [-0.2, -0.15) is 0 Å². The van der Waals surface area contributed by atoms with Crippen LogP contribution in [0.3, 0.4) is 0 Å². The molecule has 6 heteroatoms. The van der Waals surface area contributed by atoms with Gasteiger partial charge in [-0.1, -0.05) is 18.2 Å². The van der Waals surface area contributed by atoms with Crippen LogP contribution in [0.15, 0.2) is 24.3 Å². The Morgan fingerprint density at radius 3 is 2.96 bits per heavy atom. The number of benzene rings is 1. The Bertz CT molecular complexity index is 657. The maximum atomic E-state index is 12.9. The highest BCUT2D eigenvalue weighted by Crippen LogP contribution is 2.38. The molecular formula is C19H25N3O3. The molecule has 3 aliphatic heterocycles. The van der Waals surface area contributed by atoms with Crippen molar-refractivity contribution in [2.24, 2.45) is 0 Å². The van der Waals surface area contributed by atoms with Gasteiger partial charge in [-0.05, 0) is 24.5 Å². The first kappa shape index (κ1) is 16.5. The fourth-order valence-corrected chi connectivity index (χ4v) is 4.10. The third-order valence-corrected chi connectivity index (χ3v) is 5.46. The van der Waals surface area contributed by atoms with Crippen LogP contribution in [-0.4, -0.2) is 62.1 Å². The summed E-state index contributed by atoms with van der Waals surface area (Å²) in [6.45, 7) is 4.28. The van der Waals surface area contributed by atoms with Gasteiger partial charge in [-0.25, -0.2) is 0 Å². The summed E-state index contributed by atoms with van der Waals surface area (Å²) >= 11 is 0. The summed E-state index contributed by atoms with van der Waals surface area (Å²) in [5.41, 5.74) is 2.21. The average molecular weight is 343 g/mol. The molecule has 0 aromatic heterocycles. The minimum atomic E-state index is -0.402. The van der Waals surface area contributed by atoms with Crippen molar-refractivity contribution in [1.29, 1.82) is 0 Å². The van der Waals surface area contributed by atoms with E-state index in [0.717, 1.165) is 38.2 Å². The minimum Gasteiger partial charge on any atom is -0.366 e. The van der Waals surface area contributed by atoms with Gasteiger partial charge in [0.25, 0.3) is 5.91 Å². The Morgan fingerprint density at radius 1 is 1.32 bits per heavy atom. The fraction of sp³-hybridized carbons (Fsp3) is 0.579. The number of rotatable bonds is 4. The highest BCUT2D eigenvalue weighted by molar-refractivity contribution is 5.99. The molecule has 3 heterocycles. The van der Waals surface area contributed by atoms with E-state index in [-0.39, 0.29) is 17.7 Å². The van der Waals surface area contributed by atoms with Gasteiger partial charge in [-0.3, -0.25) is 9.59 Å². The number of morpholine rings is 1. The van der Waals surface area contributed by atoms with E-state index in [9.17, 15) is 9.59 Å². The Hall–Kier alpha value is -1.92. The molecule has 2 atom stereocenters. The highest BCUT2D eigenvalue weighted by atomic mass is 16.5. The molecule has 2 amide bonds. The van der Waals surface area contributed by atoms with Gasteiger partial charge in [-0.15, -0.1) is 0 Å². The fourth-order valence-electron chi connectivity index (χ4n) is 4.10. The first-order valence-electron chi connectivity index (χ1n) is 9.24. The number of fused-ring (bicyclic) bond motifs is 1. The van der Waals surface area contributed by atoms with Gasteiger partial charge in [0.1, 0.15) is 6.10 Å². The molecule has 2 saturated heterocycles. The van der Waals surface area contributed by atoms with E-state index >= 15 is 0 Å². The second kappa shape index (κ2) is 7.14. The standard InChI is InChI=1S/C19H25N3O3/c23-18-6-3-9-21(18)10-7-14-13-22(16-5-2-1-4-15(14)16)19(24)17-12-20-8-11-25-17/h1-2,4-5,14,17,20H,3,6-13H2. The summed E-state index contributed by atoms with van der Waals surface area (Å²) in [5.74, 6) is 0.588. The molecule has 6 nitrogen and oxygen atoms in total. The molecule has 0 aliphatic carbocycles. The Morgan fingerprint density at radius 2 is 2.20 bits per heavy atom. The lowest BCUT2D eigenvalue weighted by Gasteiger charge is -2.27. The van der Waals surface area contributed by atoms with Gasteiger partial charge in [0.2, 0.25) is 5.91 Å². The smallest absolute Gasteiger partial charge is 0.257 e. The lowest BCUT2D eigenvalue weighted by Crippen LogP contribution is -2.49. The third-order valence-electron chi connectivity index (χ3n) is 5.46. The molecule has 2 fully saturated rings. The predicted molar refractivity (Wildman–Crippen MR) is 94.6 cm³/mol. The van der Waals surface area contributed by atoms with Crippen LogP contribution in [0.1, 0.15) is 30.7 Å². The van der Waals surface area contributed by atoms with E-state index in [4.69, 9.17) is 4.74 Å². The summed E-state index contributed by atoms with van der Waals surface area (Å²) in [7, 11) is 0. The lowest BCUT2D eigenvalue weighted by molar-refractivity contribution is -0.131. The van der Waals surface area contributed by atoms with Gasteiger partial charge < -0.3 is 19.9 Å². The summed E-state index contributed by atoms with van der Waals surface area (Å²) in [6.07, 6.45) is 2.14. The molecule has 25 heavy (non-hydrogen) atoms. The monoisotopic (exact) mass is 343 g/mol. The van der Waals surface area contributed by atoms with Crippen LogP contribution in [0.4, 0.5) is 5.69 Å². The molecule has 4 rings (SSSR count). The first-order valence-corrected chi connectivity index (χ1v) is 9.24. The number of para-hydroxylation sites is 1. The minimum absolute atomic E-state index is 0.0411. The number of hydrogen-bond donors (Lipinski definition) is 1. The number of hydrogen-bond acceptors (Lipinski definition) is 4. The van der Waals surface area contributed by atoms with Gasteiger partial charge in [0.15, 0.2) is 0 Å². The van der Waals surface area contributed by atoms with Crippen molar-refractivity contribution < 1.29 is 14.3 Å². The molecule has 2 unspecified atom stereocenters. The van der Waals surface area contributed by atoms with Crippen LogP contribution in [0.25, 0.3) is 0 Å². The molecule has 1 N–H and O–H groups in total. The molecular weight excluding hydrogens is 318 g/mol. The Balaban J connectivity index is 1.47. The number of carbonyl (C=O) groups is 2. The van der Waals surface area contributed by atoms with Crippen LogP contribution in [-0.2, 0) is 14.3 Å². The van der Waals surface area contributed by atoms with E-state index in [1.165, 1.54) is 5.56 Å². The highest BCUT2D eigenvalue weighted by Gasteiger charge is 2.36. The van der Waals surface area contributed by atoms with Crippen molar-refractivity contribution in [3.05, 3.63) is 29.8 Å². The summed E-state index contributed by atoms with van der Waals surface area (Å²) < 4.78 is 5.65. The summed E-state index contributed by atoms with van der Waals surface area (Å²) in [6, 6.07) is 8.13.